The van der Waals surface area contributed by atoms with Gasteiger partial charge >= 0.3 is 23.9 Å². The molecule has 7 nitrogen and oxygen atoms in total. The molecule has 0 amide bonds. The van der Waals surface area contributed by atoms with Crippen molar-refractivity contribution in [2.24, 2.45) is 11.8 Å². The van der Waals surface area contributed by atoms with E-state index < -0.39 is 41.8 Å². The van der Waals surface area contributed by atoms with E-state index in [0.29, 0.717) is 19.3 Å². The van der Waals surface area contributed by atoms with Crippen molar-refractivity contribution in [3.8, 4) is 0 Å². The minimum Gasteiger partial charge on any atom is -0.388 e. The molecule has 0 aromatic rings. The Morgan fingerprint density at radius 3 is 2.04 bits per heavy atom. The zero-order chi connectivity index (χ0) is 18.3. The molecule has 1 aliphatic carbocycles. The van der Waals surface area contributed by atoms with Crippen LogP contribution in [0.1, 0.15) is 46.0 Å². The fourth-order valence-electron chi connectivity index (χ4n) is 3.87. The Morgan fingerprint density at radius 1 is 0.880 bits per heavy atom. The van der Waals surface area contributed by atoms with Crippen LogP contribution in [-0.4, -0.2) is 35.1 Å². The van der Waals surface area contributed by atoms with E-state index in [2.05, 4.69) is 0 Å². The monoisotopic (exact) mass is 348 g/mol. The van der Waals surface area contributed by atoms with E-state index in [1.807, 2.05) is 6.92 Å². The van der Waals surface area contributed by atoms with Crippen LogP contribution in [-0.2, 0) is 28.7 Å². The second-order valence-electron chi connectivity index (χ2n) is 6.65. The molecule has 2 aliphatic heterocycles. The lowest BCUT2D eigenvalue weighted by molar-refractivity contribution is -0.153. The first-order chi connectivity index (χ1) is 11.9. The molecular weight excluding hydrogens is 328 g/mol. The number of aliphatic hydroxyl groups excluding tert-OH is 1. The highest BCUT2D eigenvalue weighted by molar-refractivity contribution is 6.15. The molecule has 0 saturated carbocycles. The highest BCUT2D eigenvalue weighted by Gasteiger charge is 2.46. The van der Waals surface area contributed by atoms with E-state index in [9.17, 15) is 24.3 Å². The normalized spacial score (nSPS) is 29.8. The third-order valence-electron chi connectivity index (χ3n) is 5.19. The maximum atomic E-state index is 12.2. The van der Waals surface area contributed by atoms with E-state index in [1.165, 1.54) is 0 Å². The number of ether oxygens (including phenoxy) is 2. The minimum absolute atomic E-state index is 0.0164. The Morgan fingerprint density at radius 2 is 1.44 bits per heavy atom. The van der Waals surface area contributed by atoms with Gasteiger partial charge in [-0.1, -0.05) is 26.7 Å². The lowest BCUT2D eigenvalue weighted by Gasteiger charge is -2.22. The van der Waals surface area contributed by atoms with Crippen LogP contribution in [0.15, 0.2) is 22.3 Å². The fraction of sp³-hybridized carbons (Fsp3) is 0.556. The molecule has 3 aliphatic rings. The summed E-state index contributed by atoms with van der Waals surface area (Å²) in [6, 6.07) is 0. The van der Waals surface area contributed by atoms with Gasteiger partial charge in [0, 0.05) is 11.1 Å². The fourth-order valence-corrected chi connectivity index (χ4v) is 3.87. The van der Waals surface area contributed by atoms with E-state index in [4.69, 9.17) is 9.47 Å². The number of aliphatic hydroxyl groups is 1. The Balaban J connectivity index is 2.17. The molecule has 0 spiro atoms. The third kappa shape index (κ3) is 2.82. The van der Waals surface area contributed by atoms with Crippen LogP contribution < -0.4 is 0 Å². The van der Waals surface area contributed by atoms with Gasteiger partial charge in [0.1, 0.15) is 0 Å². The number of carbonyl (C=O) groups is 4. The van der Waals surface area contributed by atoms with Crippen molar-refractivity contribution in [3.05, 3.63) is 22.3 Å². The van der Waals surface area contributed by atoms with Crippen molar-refractivity contribution in [2.75, 3.05) is 0 Å². The first kappa shape index (κ1) is 17.5. The molecular formula is C18H20O7. The van der Waals surface area contributed by atoms with Gasteiger partial charge in [-0.05, 0) is 31.1 Å². The lowest BCUT2D eigenvalue weighted by Crippen LogP contribution is -2.27. The van der Waals surface area contributed by atoms with Crippen LogP contribution in [0.5, 0.6) is 0 Å². The number of esters is 4. The Kier molecular flexibility index (Phi) is 4.60. The smallest absolute Gasteiger partial charge is 0.345 e. The van der Waals surface area contributed by atoms with Crippen molar-refractivity contribution in [1.29, 1.82) is 0 Å². The van der Waals surface area contributed by atoms with Gasteiger partial charge in [-0.25, -0.2) is 19.2 Å². The summed E-state index contributed by atoms with van der Waals surface area (Å²) in [6.45, 7) is 3.72. The summed E-state index contributed by atoms with van der Waals surface area (Å²) in [5, 5.41) is 10.7. The third-order valence-corrected chi connectivity index (χ3v) is 5.19. The number of carbonyl (C=O) groups excluding carboxylic acids is 4. The molecule has 134 valence electrons. The largest absolute Gasteiger partial charge is 0.388 e. The number of hydrogen-bond acceptors (Lipinski definition) is 7. The van der Waals surface area contributed by atoms with Crippen molar-refractivity contribution in [2.45, 2.75) is 52.1 Å². The van der Waals surface area contributed by atoms with Crippen LogP contribution in [0.4, 0.5) is 0 Å². The molecule has 0 aromatic heterocycles. The van der Waals surface area contributed by atoms with Crippen molar-refractivity contribution in [3.63, 3.8) is 0 Å². The summed E-state index contributed by atoms with van der Waals surface area (Å²) >= 11 is 0. The summed E-state index contributed by atoms with van der Waals surface area (Å²) in [5.41, 5.74) is 0.616. The summed E-state index contributed by atoms with van der Waals surface area (Å²) in [7, 11) is 0. The van der Waals surface area contributed by atoms with Crippen LogP contribution in [0.3, 0.4) is 0 Å². The Labute approximate surface area is 144 Å². The summed E-state index contributed by atoms with van der Waals surface area (Å²) in [5.74, 6) is -3.97. The van der Waals surface area contributed by atoms with E-state index in [0.717, 1.165) is 0 Å². The highest BCUT2D eigenvalue weighted by atomic mass is 16.6. The lowest BCUT2D eigenvalue weighted by atomic mass is 9.83. The van der Waals surface area contributed by atoms with Gasteiger partial charge in [-0.15, -0.1) is 0 Å². The van der Waals surface area contributed by atoms with Gasteiger partial charge < -0.3 is 14.6 Å². The molecule has 0 radical (unpaired) electrons. The van der Waals surface area contributed by atoms with Gasteiger partial charge in [0.2, 0.25) is 0 Å². The van der Waals surface area contributed by atoms with Gasteiger partial charge in [0.05, 0.1) is 17.3 Å². The van der Waals surface area contributed by atoms with Crippen molar-refractivity contribution >= 4 is 23.9 Å². The van der Waals surface area contributed by atoms with Crippen LogP contribution in [0.25, 0.3) is 0 Å². The standard InChI is InChI=1S/C18H20O7/c1-3-5-9-7-11-10(15(20)24-16(11)21)6-8(4-2)14(19)13-12(9)17(22)25-18(13)23/h8-9,14,19H,3-7H2,1-2H3/t8-,9+,14-/m0/s1. The van der Waals surface area contributed by atoms with Gasteiger partial charge in [-0.3, -0.25) is 0 Å². The van der Waals surface area contributed by atoms with E-state index in [1.54, 1.807) is 6.92 Å². The number of hydrogen-bond donors (Lipinski definition) is 1. The van der Waals surface area contributed by atoms with E-state index >= 15 is 0 Å². The second-order valence-corrected chi connectivity index (χ2v) is 6.65. The molecule has 25 heavy (non-hydrogen) atoms. The average molecular weight is 348 g/mol. The maximum Gasteiger partial charge on any atom is 0.345 e. The highest BCUT2D eigenvalue weighted by Crippen LogP contribution is 2.41. The number of rotatable bonds is 3. The molecule has 2 heterocycles. The number of cyclic esters (lactones) is 4. The van der Waals surface area contributed by atoms with E-state index in [-0.39, 0.29) is 35.1 Å². The summed E-state index contributed by atoms with van der Waals surface area (Å²) in [4.78, 5) is 48.6. The van der Waals surface area contributed by atoms with Crippen molar-refractivity contribution < 1.29 is 33.8 Å². The maximum absolute atomic E-state index is 12.2. The first-order valence-corrected chi connectivity index (χ1v) is 8.56. The second kappa shape index (κ2) is 6.55. The Bertz CT molecular complexity index is 728. The molecule has 3 atom stereocenters. The van der Waals surface area contributed by atoms with Gasteiger partial charge in [0.15, 0.2) is 0 Å². The predicted octanol–water partition coefficient (Wildman–Crippen LogP) is 1.34. The first-order valence-electron chi connectivity index (χ1n) is 8.56. The molecule has 7 heteroatoms. The van der Waals surface area contributed by atoms with Crippen LogP contribution in [0.2, 0.25) is 0 Å². The van der Waals surface area contributed by atoms with Gasteiger partial charge in [0.25, 0.3) is 0 Å². The Hall–Kier alpha value is -2.28. The topological polar surface area (TPSA) is 107 Å². The molecule has 0 aromatic carbocycles. The summed E-state index contributed by atoms with van der Waals surface area (Å²) < 4.78 is 9.49. The SMILES string of the molecule is CCC[C@@H]1CC2=C(C[C@H](CC)[C@H](O)C3=C1C(=O)OC3=O)C(=O)OC2=O. The predicted molar refractivity (Wildman–Crippen MR) is 83.7 cm³/mol. The molecule has 0 bridgehead atoms. The molecule has 0 saturated heterocycles. The zero-order valence-electron chi connectivity index (χ0n) is 14.2. The average Bonchev–Trinajstić information content (AvgIpc) is 3.00. The minimum atomic E-state index is -1.23. The quantitative estimate of drug-likeness (QED) is 0.606. The van der Waals surface area contributed by atoms with Crippen LogP contribution in [0, 0.1) is 11.8 Å². The van der Waals surface area contributed by atoms with Crippen molar-refractivity contribution in [1.82, 2.24) is 0 Å². The molecule has 3 rings (SSSR count). The van der Waals surface area contributed by atoms with Gasteiger partial charge in [-0.2, -0.15) is 0 Å². The molecule has 0 fully saturated rings. The van der Waals surface area contributed by atoms with Crippen LogP contribution >= 0.6 is 0 Å². The summed E-state index contributed by atoms with van der Waals surface area (Å²) in [6.07, 6.45) is 0.682. The molecule has 0 unspecified atom stereocenters. The molecule has 1 N–H and O–H groups in total. The zero-order valence-corrected chi connectivity index (χ0v) is 14.2.